The third-order valence-electron chi connectivity index (χ3n) is 4.12. The average Bonchev–Trinajstić information content (AvgIpc) is 2.59. The molecule has 0 radical (unpaired) electrons. The van der Waals surface area contributed by atoms with Gasteiger partial charge in [-0.15, -0.1) is 5.10 Å². The molecule has 2 aromatic carbocycles. The number of aromatic nitrogens is 3. The molecule has 3 rings (SSSR count). The summed E-state index contributed by atoms with van der Waals surface area (Å²) in [5.74, 6) is 1.18. The highest BCUT2D eigenvalue weighted by Crippen LogP contribution is 2.21. The monoisotopic (exact) mass is 319 g/mol. The molecule has 5 nitrogen and oxygen atoms in total. The number of rotatable bonds is 5. The summed E-state index contributed by atoms with van der Waals surface area (Å²) in [6.07, 6.45) is 1.63. The Hall–Kier alpha value is -2.95. The van der Waals surface area contributed by atoms with Crippen LogP contribution in [-0.4, -0.2) is 15.2 Å². The second-order valence-corrected chi connectivity index (χ2v) is 5.82. The summed E-state index contributed by atoms with van der Waals surface area (Å²) in [4.78, 5) is 4.49. The minimum atomic E-state index is 0.508. The van der Waals surface area contributed by atoms with Crippen LogP contribution >= 0.6 is 0 Å². The van der Waals surface area contributed by atoms with Gasteiger partial charge < -0.3 is 10.6 Å². The molecule has 1 heterocycles. The lowest BCUT2D eigenvalue weighted by atomic mass is 10.1. The lowest BCUT2D eigenvalue weighted by Crippen LogP contribution is -2.07. The largest absolute Gasteiger partial charge is 0.349 e. The van der Waals surface area contributed by atoms with Crippen LogP contribution in [0.5, 0.6) is 0 Å². The first-order valence-electron chi connectivity index (χ1n) is 7.95. The fourth-order valence-electron chi connectivity index (χ4n) is 2.45. The molecule has 0 bridgehead atoms. The van der Waals surface area contributed by atoms with Crippen LogP contribution < -0.4 is 10.6 Å². The minimum absolute atomic E-state index is 0.508. The quantitative estimate of drug-likeness (QED) is 0.739. The van der Waals surface area contributed by atoms with E-state index in [9.17, 15) is 0 Å². The topological polar surface area (TPSA) is 62.7 Å². The highest BCUT2D eigenvalue weighted by molar-refractivity contribution is 5.61. The maximum absolute atomic E-state index is 4.49. The van der Waals surface area contributed by atoms with Crippen LogP contribution in [0.1, 0.15) is 22.3 Å². The molecule has 0 fully saturated rings. The molecular formula is C19H21N5. The number of anilines is 3. The van der Waals surface area contributed by atoms with Crippen molar-refractivity contribution in [2.75, 3.05) is 10.6 Å². The predicted octanol–water partition coefficient (Wildman–Crippen LogP) is 4.15. The lowest BCUT2D eigenvalue weighted by molar-refractivity contribution is 0.946. The summed E-state index contributed by atoms with van der Waals surface area (Å²) < 4.78 is 0. The van der Waals surface area contributed by atoms with Crippen LogP contribution in [0.15, 0.2) is 48.7 Å². The summed E-state index contributed by atoms with van der Waals surface area (Å²) in [7, 11) is 0. The zero-order valence-corrected chi connectivity index (χ0v) is 14.2. The molecule has 0 aliphatic heterocycles. The van der Waals surface area contributed by atoms with Crippen LogP contribution in [0, 0.1) is 20.8 Å². The summed E-state index contributed by atoms with van der Waals surface area (Å²) in [6.45, 7) is 6.94. The first-order valence-corrected chi connectivity index (χ1v) is 7.95. The van der Waals surface area contributed by atoms with E-state index >= 15 is 0 Å². The van der Waals surface area contributed by atoms with Gasteiger partial charge in [-0.2, -0.15) is 10.1 Å². The second kappa shape index (κ2) is 7.08. The van der Waals surface area contributed by atoms with Crippen molar-refractivity contribution in [1.82, 2.24) is 15.2 Å². The molecule has 1 aromatic heterocycles. The Kier molecular flexibility index (Phi) is 4.70. The Balaban J connectivity index is 1.72. The number of hydrogen-bond acceptors (Lipinski definition) is 5. The number of hydrogen-bond donors (Lipinski definition) is 2. The maximum Gasteiger partial charge on any atom is 0.244 e. The van der Waals surface area contributed by atoms with Crippen LogP contribution in [-0.2, 0) is 6.54 Å². The van der Waals surface area contributed by atoms with Crippen LogP contribution in [0.25, 0.3) is 0 Å². The molecule has 0 spiro atoms. The van der Waals surface area contributed by atoms with Gasteiger partial charge in [-0.05, 0) is 49.1 Å². The van der Waals surface area contributed by atoms with Gasteiger partial charge in [-0.1, -0.05) is 36.4 Å². The van der Waals surface area contributed by atoms with E-state index in [2.05, 4.69) is 64.8 Å². The molecule has 0 aliphatic rings. The molecule has 24 heavy (non-hydrogen) atoms. The molecule has 0 saturated carbocycles. The Morgan fingerprint density at radius 1 is 0.917 bits per heavy atom. The first-order chi connectivity index (χ1) is 11.6. The smallest absolute Gasteiger partial charge is 0.244 e. The SMILES string of the molecule is Cc1ccccc1CNc1nncc(Nc2cccc(C)c2C)n1. The standard InChI is InChI=1S/C19H21N5/c1-13-8-6-10-17(15(13)3)22-18-12-21-24-19(23-18)20-11-16-9-5-4-7-14(16)2/h4-10,12H,11H2,1-3H3,(H2,20,22,23,24). The zero-order chi connectivity index (χ0) is 16.9. The number of benzene rings is 2. The number of nitrogens with zero attached hydrogens (tertiary/aromatic N) is 3. The second-order valence-electron chi connectivity index (χ2n) is 5.82. The van der Waals surface area contributed by atoms with Crippen molar-refractivity contribution in [1.29, 1.82) is 0 Å². The average molecular weight is 319 g/mol. The van der Waals surface area contributed by atoms with Gasteiger partial charge in [0.2, 0.25) is 5.95 Å². The number of aryl methyl sites for hydroxylation is 2. The summed E-state index contributed by atoms with van der Waals surface area (Å²) in [6, 6.07) is 14.4. The van der Waals surface area contributed by atoms with E-state index < -0.39 is 0 Å². The van der Waals surface area contributed by atoms with Crippen LogP contribution in [0.2, 0.25) is 0 Å². The van der Waals surface area contributed by atoms with Crippen molar-refractivity contribution in [2.24, 2.45) is 0 Å². The van der Waals surface area contributed by atoms with Gasteiger partial charge in [0.1, 0.15) is 0 Å². The van der Waals surface area contributed by atoms with Gasteiger partial charge in [-0.3, -0.25) is 0 Å². The lowest BCUT2D eigenvalue weighted by Gasteiger charge is -2.11. The fourth-order valence-corrected chi connectivity index (χ4v) is 2.45. The number of nitrogens with one attached hydrogen (secondary N) is 2. The van der Waals surface area contributed by atoms with Crippen LogP contribution in [0.3, 0.4) is 0 Å². The molecule has 0 saturated heterocycles. The third kappa shape index (κ3) is 3.68. The molecule has 5 heteroatoms. The highest BCUT2D eigenvalue weighted by atomic mass is 15.3. The minimum Gasteiger partial charge on any atom is -0.349 e. The van der Waals surface area contributed by atoms with Crippen molar-refractivity contribution in [3.63, 3.8) is 0 Å². The molecule has 0 atom stereocenters. The van der Waals surface area contributed by atoms with Crippen molar-refractivity contribution in [3.8, 4) is 0 Å². The maximum atomic E-state index is 4.49. The van der Waals surface area contributed by atoms with E-state index in [1.54, 1.807) is 6.20 Å². The molecule has 0 aliphatic carbocycles. The fraction of sp³-hybridized carbons (Fsp3) is 0.211. The Labute approximate surface area is 142 Å². The van der Waals surface area contributed by atoms with E-state index in [-0.39, 0.29) is 0 Å². The molecule has 0 amide bonds. The molecule has 0 unspecified atom stereocenters. The normalized spacial score (nSPS) is 10.5. The third-order valence-corrected chi connectivity index (χ3v) is 4.12. The van der Waals surface area contributed by atoms with Gasteiger partial charge >= 0.3 is 0 Å². The van der Waals surface area contributed by atoms with E-state index in [0.29, 0.717) is 18.3 Å². The van der Waals surface area contributed by atoms with Gasteiger partial charge in [0.25, 0.3) is 0 Å². The molecule has 2 N–H and O–H groups in total. The molecule has 3 aromatic rings. The Bertz CT molecular complexity index is 845. The van der Waals surface area contributed by atoms with Gasteiger partial charge in [0.15, 0.2) is 5.82 Å². The van der Waals surface area contributed by atoms with E-state index in [1.807, 2.05) is 24.3 Å². The zero-order valence-electron chi connectivity index (χ0n) is 14.2. The van der Waals surface area contributed by atoms with Gasteiger partial charge in [0.05, 0.1) is 6.20 Å². The van der Waals surface area contributed by atoms with Gasteiger partial charge in [0, 0.05) is 12.2 Å². The van der Waals surface area contributed by atoms with Crippen molar-refractivity contribution >= 4 is 17.5 Å². The van der Waals surface area contributed by atoms with Crippen LogP contribution in [0.4, 0.5) is 17.5 Å². The van der Waals surface area contributed by atoms with Crippen molar-refractivity contribution in [2.45, 2.75) is 27.3 Å². The summed E-state index contributed by atoms with van der Waals surface area (Å²) >= 11 is 0. The summed E-state index contributed by atoms with van der Waals surface area (Å²) in [5, 5.41) is 14.6. The first kappa shape index (κ1) is 15.9. The van der Waals surface area contributed by atoms with Gasteiger partial charge in [-0.25, -0.2) is 0 Å². The van der Waals surface area contributed by atoms with Crippen molar-refractivity contribution in [3.05, 3.63) is 70.9 Å². The van der Waals surface area contributed by atoms with E-state index in [0.717, 1.165) is 5.69 Å². The summed E-state index contributed by atoms with van der Waals surface area (Å²) in [5.41, 5.74) is 5.92. The highest BCUT2D eigenvalue weighted by Gasteiger charge is 2.05. The molecule has 122 valence electrons. The van der Waals surface area contributed by atoms with Crippen molar-refractivity contribution < 1.29 is 0 Å². The predicted molar refractivity (Wildman–Crippen MR) is 97.5 cm³/mol. The Morgan fingerprint density at radius 3 is 2.54 bits per heavy atom. The van der Waals surface area contributed by atoms with E-state index in [1.165, 1.54) is 22.3 Å². The van der Waals surface area contributed by atoms with E-state index in [4.69, 9.17) is 0 Å². The Morgan fingerprint density at radius 2 is 1.71 bits per heavy atom. The molecular weight excluding hydrogens is 298 g/mol.